The molecular formula is C10H13NO. The zero-order valence-electron chi connectivity index (χ0n) is 7.01. The van der Waals surface area contributed by atoms with Gasteiger partial charge in [-0.3, -0.25) is 0 Å². The van der Waals surface area contributed by atoms with Gasteiger partial charge in [0, 0.05) is 6.54 Å². The van der Waals surface area contributed by atoms with Crippen molar-refractivity contribution >= 4 is 0 Å². The van der Waals surface area contributed by atoms with Gasteiger partial charge in [-0.05, 0) is 36.0 Å². The third-order valence-corrected chi connectivity index (χ3v) is 2.51. The first kappa shape index (κ1) is 7.77. The summed E-state index contributed by atoms with van der Waals surface area (Å²) in [6.45, 7) is 0.573. The second-order valence-electron chi connectivity index (χ2n) is 3.24. The summed E-state index contributed by atoms with van der Waals surface area (Å²) in [4.78, 5) is 0. The number of nitrogens with one attached hydrogen (secondary N) is 1. The summed E-state index contributed by atoms with van der Waals surface area (Å²) in [5, 5.41) is 8.60. The van der Waals surface area contributed by atoms with Crippen molar-refractivity contribution in [1.82, 2.24) is 5.48 Å². The Balaban J connectivity index is 2.36. The van der Waals surface area contributed by atoms with Crippen molar-refractivity contribution in [3.8, 4) is 0 Å². The quantitative estimate of drug-likeness (QED) is 0.650. The van der Waals surface area contributed by atoms with Crippen LogP contribution in [-0.2, 0) is 19.4 Å². The first-order valence-corrected chi connectivity index (χ1v) is 4.38. The van der Waals surface area contributed by atoms with E-state index >= 15 is 0 Å². The van der Waals surface area contributed by atoms with Gasteiger partial charge in [-0.15, -0.1) is 0 Å². The van der Waals surface area contributed by atoms with Crippen LogP contribution in [0.15, 0.2) is 18.2 Å². The SMILES string of the molecule is ONCc1cccc2c1CCC2. The third-order valence-electron chi connectivity index (χ3n) is 2.51. The zero-order chi connectivity index (χ0) is 8.39. The normalized spacial score (nSPS) is 14.8. The molecule has 12 heavy (non-hydrogen) atoms. The molecule has 0 atom stereocenters. The molecule has 0 unspecified atom stereocenters. The van der Waals surface area contributed by atoms with E-state index in [-0.39, 0.29) is 0 Å². The first-order chi connectivity index (χ1) is 5.92. The number of hydroxylamine groups is 1. The van der Waals surface area contributed by atoms with Gasteiger partial charge < -0.3 is 5.21 Å². The molecule has 0 radical (unpaired) electrons. The van der Waals surface area contributed by atoms with Crippen molar-refractivity contribution in [3.63, 3.8) is 0 Å². The van der Waals surface area contributed by atoms with E-state index in [0.717, 1.165) is 0 Å². The molecule has 2 nitrogen and oxygen atoms in total. The maximum Gasteiger partial charge on any atom is 0.0460 e. The smallest absolute Gasteiger partial charge is 0.0460 e. The van der Waals surface area contributed by atoms with Gasteiger partial charge in [-0.1, -0.05) is 18.2 Å². The van der Waals surface area contributed by atoms with E-state index in [9.17, 15) is 0 Å². The molecule has 0 amide bonds. The van der Waals surface area contributed by atoms with E-state index in [1.807, 2.05) is 0 Å². The van der Waals surface area contributed by atoms with Crippen LogP contribution in [0.5, 0.6) is 0 Å². The Hall–Kier alpha value is -0.860. The van der Waals surface area contributed by atoms with Crippen molar-refractivity contribution in [3.05, 3.63) is 34.9 Å². The predicted molar refractivity (Wildman–Crippen MR) is 47.1 cm³/mol. The van der Waals surface area contributed by atoms with Gasteiger partial charge in [0.05, 0.1) is 0 Å². The number of fused-ring (bicyclic) bond motifs is 1. The molecule has 1 aromatic carbocycles. The van der Waals surface area contributed by atoms with Gasteiger partial charge in [0.25, 0.3) is 0 Å². The van der Waals surface area contributed by atoms with E-state index in [0.29, 0.717) is 6.54 Å². The van der Waals surface area contributed by atoms with Crippen LogP contribution in [0.25, 0.3) is 0 Å². The van der Waals surface area contributed by atoms with Gasteiger partial charge in [0.1, 0.15) is 0 Å². The van der Waals surface area contributed by atoms with Crippen molar-refractivity contribution in [2.24, 2.45) is 0 Å². The average Bonchev–Trinajstić information content (AvgIpc) is 2.53. The van der Waals surface area contributed by atoms with Crippen LogP contribution in [0, 0.1) is 0 Å². The highest BCUT2D eigenvalue weighted by Gasteiger charge is 2.13. The second kappa shape index (κ2) is 3.25. The second-order valence-corrected chi connectivity index (χ2v) is 3.24. The van der Waals surface area contributed by atoms with Crippen molar-refractivity contribution in [2.45, 2.75) is 25.8 Å². The van der Waals surface area contributed by atoms with Gasteiger partial charge in [0.15, 0.2) is 0 Å². The van der Waals surface area contributed by atoms with E-state index in [1.54, 1.807) is 0 Å². The minimum Gasteiger partial charge on any atom is -0.316 e. The van der Waals surface area contributed by atoms with Crippen LogP contribution in [0.1, 0.15) is 23.1 Å². The average molecular weight is 163 g/mol. The highest BCUT2D eigenvalue weighted by Crippen LogP contribution is 2.24. The Morgan fingerprint density at radius 2 is 2.25 bits per heavy atom. The molecule has 0 spiro atoms. The first-order valence-electron chi connectivity index (χ1n) is 4.38. The summed E-state index contributed by atoms with van der Waals surface area (Å²) in [6, 6.07) is 6.33. The summed E-state index contributed by atoms with van der Waals surface area (Å²) < 4.78 is 0. The number of benzene rings is 1. The highest BCUT2D eigenvalue weighted by atomic mass is 16.5. The highest BCUT2D eigenvalue weighted by molar-refractivity contribution is 5.38. The van der Waals surface area contributed by atoms with Crippen LogP contribution in [-0.4, -0.2) is 5.21 Å². The molecule has 64 valence electrons. The largest absolute Gasteiger partial charge is 0.316 e. The maximum absolute atomic E-state index is 8.60. The van der Waals surface area contributed by atoms with E-state index in [4.69, 9.17) is 5.21 Å². The number of aryl methyl sites for hydroxylation is 1. The monoisotopic (exact) mass is 163 g/mol. The molecule has 0 saturated carbocycles. The number of hydrogen-bond donors (Lipinski definition) is 2. The lowest BCUT2D eigenvalue weighted by Crippen LogP contribution is -2.08. The van der Waals surface area contributed by atoms with Crippen molar-refractivity contribution in [2.75, 3.05) is 0 Å². The van der Waals surface area contributed by atoms with Crippen LogP contribution < -0.4 is 5.48 Å². The Bertz CT molecular complexity index is 283. The van der Waals surface area contributed by atoms with E-state index < -0.39 is 0 Å². The predicted octanol–water partition coefficient (Wildman–Crippen LogP) is 1.65. The molecule has 2 heteroatoms. The summed E-state index contributed by atoms with van der Waals surface area (Å²) >= 11 is 0. The lowest BCUT2D eigenvalue weighted by atomic mass is 10.0. The van der Waals surface area contributed by atoms with Crippen molar-refractivity contribution < 1.29 is 5.21 Å². The molecule has 1 aliphatic rings. The Morgan fingerprint density at radius 3 is 3.08 bits per heavy atom. The Labute approximate surface area is 72.2 Å². The van der Waals surface area contributed by atoms with Gasteiger partial charge in [0.2, 0.25) is 0 Å². The molecule has 2 rings (SSSR count). The summed E-state index contributed by atoms with van der Waals surface area (Å²) in [7, 11) is 0. The minimum absolute atomic E-state index is 0.573. The molecule has 0 saturated heterocycles. The lowest BCUT2D eigenvalue weighted by molar-refractivity contribution is 0.161. The molecule has 0 bridgehead atoms. The fourth-order valence-electron chi connectivity index (χ4n) is 1.95. The summed E-state index contributed by atoms with van der Waals surface area (Å²) in [5.74, 6) is 0. The molecule has 1 aromatic rings. The molecule has 0 heterocycles. The summed E-state index contributed by atoms with van der Waals surface area (Å²) in [6.07, 6.45) is 3.64. The summed E-state index contributed by atoms with van der Waals surface area (Å²) in [5.41, 5.74) is 6.36. The Morgan fingerprint density at radius 1 is 1.33 bits per heavy atom. The van der Waals surface area contributed by atoms with Gasteiger partial charge in [-0.25, -0.2) is 5.48 Å². The molecule has 0 aliphatic heterocycles. The fourth-order valence-corrected chi connectivity index (χ4v) is 1.95. The Kier molecular flexibility index (Phi) is 2.11. The zero-order valence-corrected chi connectivity index (χ0v) is 7.01. The van der Waals surface area contributed by atoms with Crippen LogP contribution >= 0.6 is 0 Å². The lowest BCUT2D eigenvalue weighted by Gasteiger charge is -2.06. The molecule has 1 aliphatic carbocycles. The van der Waals surface area contributed by atoms with Crippen LogP contribution in [0.2, 0.25) is 0 Å². The van der Waals surface area contributed by atoms with Crippen LogP contribution in [0.4, 0.5) is 0 Å². The van der Waals surface area contributed by atoms with Crippen LogP contribution in [0.3, 0.4) is 0 Å². The number of hydrogen-bond acceptors (Lipinski definition) is 2. The van der Waals surface area contributed by atoms with Gasteiger partial charge >= 0.3 is 0 Å². The minimum atomic E-state index is 0.573. The topological polar surface area (TPSA) is 32.3 Å². The van der Waals surface area contributed by atoms with E-state index in [1.165, 1.54) is 36.0 Å². The molecule has 2 N–H and O–H groups in total. The maximum atomic E-state index is 8.60. The molecule has 0 aromatic heterocycles. The third kappa shape index (κ3) is 1.24. The number of rotatable bonds is 2. The standard InChI is InChI=1S/C10H13NO/c12-11-7-9-5-1-3-8-4-2-6-10(8)9/h1,3,5,11-12H,2,4,6-7H2. The van der Waals surface area contributed by atoms with Crippen molar-refractivity contribution in [1.29, 1.82) is 0 Å². The molecule has 0 fully saturated rings. The molecular weight excluding hydrogens is 150 g/mol. The van der Waals surface area contributed by atoms with E-state index in [2.05, 4.69) is 23.7 Å². The van der Waals surface area contributed by atoms with Gasteiger partial charge in [-0.2, -0.15) is 0 Å². The fraction of sp³-hybridized carbons (Fsp3) is 0.400.